The lowest BCUT2D eigenvalue weighted by Crippen LogP contribution is -2.61. The van der Waals surface area contributed by atoms with Gasteiger partial charge in [0.2, 0.25) is 0 Å². The molecule has 2 saturated heterocycles. The molecule has 10 atom stereocenters. The lowest BCUT2D eigenvalue weighted by molar-refractivity contribution is -0.321. The Morgan fingerprint density at radius 2 is 1.25 bits per heavy atom. The van der Waals surface area contributed by atoms with Crippen LogP contribution in [0.4, 0.5) is 0 Å². The van der Waals surface area contributed by atoms with Crippen LogP contribution in [-0.4, -0.2) is 138 Å². The smallest absolute Gasteiger partial charge is 0.331 e. The first-order valence-corrected chi connectivity index (χ1v) is 14.0. The molecule has 9 N–H and O–H groups in total. The van der Waals surface area contributed by atoms with Gasteiger partial charge in [-0.15, -0.1) is 0 Å². The first-order chi connectivity index (χ1) is 20.3. The van der Waals surface area contributed by atoms with Crippen LogP contribution >= 0.6 is 0 Å². The quantitative estimate of drug-likeness (QED) is 0.0979. The third-order valence-corrected chi connectivity index (χ3v) is 6.27. The van der Waals surface area contributed by atoms with E-state index in [1.807, 2.05) is 0 Å². The highest BCUT2D eigenvalue weighted by atomic mass is 16.7. The zero-order chi connectivity index (χ0) is 33.6. The highest BCUT2D eigenvalue weighted by Gasteiger charge is 2.48. The molecule has 3 rings (SSSR count). The van der Waals surface area contributed by atoms with Gasteiger partial charge in [0.15, 0.2) is 30.2 Å². The van der Waals surface area contributed by atoms with Crippen LogP contribution < -0.4 is 0 Å². The molecule has 0 saturated carbocycles. The molecule has 2 aliphatic heterocycles. The van der Waals surface area contributed by atoms with E-state index >= 15 is 0 Å². The fraction of sp³-hybridized carbons (Fsp3) is 0.690. The van der Waals surface area contributed by atoms with Crippen LogP contribution in [0.3, 0.4) is 0 Å². The van der Waals surface area contributed by atoms with Crippen molar-refractivity contribution in [3.05, 3.63) is 29.8 Å². The molecule has 0 aromatic heterocycles. The zero-order valence-corrected chi connectivity index (χ0v) is 25.5. The van der Waals surface area contributed by atoms with Crippen LogP contribution in [0.1, 0.15) is 47.1 Å². The van der Waals surface area contributed by atoms with Gasteiger partial charge < -0.3 is 69.6 Å². The zero-order valence-electron chi connectivity index (χ0n) is 25.5. The van der Waals surface area contributed by atoms with Gasteiger partial charge in [0.1, 0.15) is 42.7 Å². The minimum Gasteiger partial charge on any atom is -0.504 e. The topological polar surface area (TPSA) is 245 Å². The summed E-state index contributed by atoms with van der Waals surface area (Å²) in [6, 6.07) is 3.96. The summed E-state index contributed by atoms with van der Waals surface area (Å²) < 4.78 is 26.7. The van der Waals surface area contributed by atoms with Crippen molar-refractivity contribution >= 4 is 12.0 Å². The lowest BCUT2D eigenvalue weighted by Gasteiger charge is -2.43. The molecule has 252 valence electrons. The largest absolute Gasteiger partial charge is 0.504 e. The minimum atomic E-state index is -1.53. The van der Waals surface area contributed by atoms with Crippen molar-refractivity contribution < 1.29 is 74.4 Å². The maximum atomic E-state index is 12.1. The van der Waals surface area contributed by atoms with Gasteiger partial charge >= 0.3 is 5.97 Å². The summed E-state index contributed by atoms with van der Waals surface area (Å²) in [5.41, 5.74) is -0.814. The number of rotatable bonds is 7. The van der Waals surface area contributed by atoms with Gasteiger partial charge in [-0.1, -0.05) is 6.07 Å². The molecule has 2 fully saturated rings. The molecule has 1 aromatic carbocycles. The number of phenols is 2. The predicted molar refractivity (Wildman–Crippen MR) is 152 cm³/mol. The molecule has 0 aliphatic carbocycles. The number of hydrogen-bond donors (Lipinski definition) is 9. The number of phenolic OH excluding ortho intramolecular Hbond substituents is 2. The van der Waals surface area contributed by atoms with E-state index in [0.29, 0.717) is 5.56 Å². The Labute approximate surface area is 255 Å². The molecule has 0 amide bonds. The molecule has 0 bridgehead atoms. The summed E-state index contributed by atoms with van der Waals surface area (Å²) in [5, 5.41) is 86.4. The van der Waals surface area contributed by atoms with Crippen molar-refractivity contribution in [2.24, 2.45) is 0 Å². The van der Waals surface area contributed by atoms with Gasteiger partial charge in [0, 0.05) is 6.08 Å². The van der Waals surface area contributed by atoms with E-state index in [9.17, 15) is 45.6 Å². The van der Waals surface area contributed by atoms with Crippen molar-refractivity contribution in [2.45, 2.75) is 114 Å². The summed E-state index contributed by atoms with van der Waals surface area (Å²) >= 11 is 0. The Bertz CT molecular complexity index is 1080. The highest BCUT2D eigenvalue weighted by molar-refractivity contribution is 5.87. The molecular formula is C29H46O15. The van der Waals surface area contributed by atoms with E-state index in [-0.39, 0.29) is 11.5 Å². The average Bonchev–Trinajstić information content (AvgIpc) is 2.92. The SMILES string of the molecule is CC(C)(C)OC1OC(CO)C(O)C(O)C1O.CC(C)(C)OC1OC(CO)C(OC(=O)/C=C/c2ccc(O)c(O)c2)C(O)C1O. The molecule has 2 heterocycles. The Kier molecular flexibility index (Phi) is 13.5. The summed E-state index contributed by atoms with van der Waals surface area (Å²) in [5.74, 6) is -1.50. The van der Waals surface area contributed by atoms with Crippen molar-refractivity contribution in [1.82, 2.24) is 0 Å². The third-order valence-electron chi connectivity index (χ3n) is 6.27. The number of hydrogen-bond acceptors (Lipinski definition) is 15. The molecule has 0 radical (unpaired) electrons. The fourth-order valence-electron chi connectivity index (χ4n) is 4.14. The van der Waals surface area contributed by atoms with Gasteiger partial charge in [0.05, 0.1) is 24.4 Å². The second-order valence-corrected chi connectivity index (χ2v) is 12.3. The standard InChI is InChI=1S/C19H26O9.C10H20O6/c1-19(2,3)28-18-16(25)15(24)17(13(9-20)26-18)27-14(23)7-5-10-4-6-11(21)12(22)8-10;1-10(2,3)16-9-8(14)7(13)6(12)5(4-11)15-9/h4-8,13,15-18,20-22,24-25H,9H2,1-3H3;5-9,11-14H,4H2,1-3H3/b7-5+;. The van der Waals surface area contributed by atoms with Gasteiger partial charge in [-0.05, 0) is 65.3 Å². The van der Waals surface area contributed by atoms with E-state index in [1.54, 1.807) is 41.5 Å². The Morgan fingerprint density at radius 1 is 0.750 bits per heavy atom. The van der Waals surface area contributed by atoms with E-state index < -0.39 is 91.8 Å². The second-order valence-electron chi connectivity index (χ2n) is 12.3. The molecule has 1 aromatic rings. The second kappa shape index (κ2) is 15.7. The maximum absolute atomic E-state index is 12.1. The number of ether oxygens (including phenoxy) is 5. The van der Waals surface area contributed by atoms with E-state index in [4.69, 9.17) is 28.8 Å². The van der Waals surface area contributed by atoms with Gasteiger partial charge in [-0.25, -0.2) is 4.79 Å². The number of esters is 1. The third kappa shape index (κ3) is 10.9. The highest BCUT2D eigenvalue weighted by Crippen LogP contribution is 2.29. The number of benzene rings is 1. The number of carbonyl (C=O) groups excluding carboxylic acids is 1. The van der Waals surface area contributed by atoms with E-state index in [1.165, 1.54) is 24.3 Å². The van der Waals surface area contributed by atoms with Crippen LogP contribution in [0.5, 0.6) is 11.5 Å². The van der Waals surface area contributed by atoms with Gasteiger partial charge in [-0.3, -0.25) is 0 Å². The summed E-state index contributed by atoms with van der Waals surface area (Å²) in [6.07, 6.45) is -10.3. The van der Waals surface area contributed by atoms with Crippen LogP contribution in [0.2, 0.25) is 0 Å². The van der Waals surface area contributed by atoms with E-state index in [2.05, 4.69) is 0 Å². The van der Waals surface area contributed by atoms with Crippen LogP contribution in [0, 0.1) is 0 Å². The number of aliphatic hydroxyl groups excluding tert-OH is 7. The molecule has 10 unspecified atom stereocenters. The number of aromatic hydroxyl groups is 2. The van der Waals surface area contributed by atoms with Crippen LogP contribution in [0.25, 0.3) is 6.08 Å². The Morgan fingerprint density at radius 3 is 1.73 bits per heavy atom. The van der Waals surface area contributed by atoms with Crippen LogP contribution in [-0.2, 0) is 28.5 Å². The van der Waals surface area contributed by atoms with E-state index in [0.717, 1.165) is 6.08 Å². The maximum Gasteiger partial charge on any atom is 0.331 e. The molecular weight excluding hydrogens is 588 g/mol. The molecule has 15 heteroatoms. The van der Waals surface area contributed by atoms with Gasteiger partial charge in [0.25, 0.3) is 0 Å². The molecule has 44 heavy (non-hydrogen) atoms. The molecule has 15 nitrogen and oxygen atoms in total. The lowest BCUT2D eigenvalue weighted by atomic mass is 9.98. The van der Waals surface area contributed by atoms with Gasteiger partial charge in [-0.2, -0.15) is 0 Å². The van der Waals surface area contributed by atoms with Crippen molar-refractivity contribution in [2.75, 3.05) is 13.2 Å². The first-order valence-electron chi connectivity index (χ1n) is 14.0. The molecule has 0 spiro atoms. The first kappa shape index (κ1) is 37.8. The minimum absolute atomic E-state index is 0.297. The average molecular weight is 635 g/mol. The molecule has 2 aliphatic rings. The van der Waals surface area contributed by atoms with Crippen LogP contribution in [0.15, 0.2) is 24.3 Å². The summed E-state index contributed by atoms with van der Waals surface area (Å²) in [4.78, 5) is 12.1. The number of carbonyl (C=O) groups is 1. The normalized spacial score (nSPS) is 33.0. The summed E-state index contributed by atoms with van der Waals surface area (Å²) in [7, 11) is 0. The monoisotopic (exact) mass is 634 g/mol. The van der Waals surface area contributed by atoms with Crippen molar-refractivity contribution in [3.8, 4) is 11.5 Å². The fourth-order valence-corrected chi connectivity index (χ4v) is 4.14. The summed E-state index contributed by atoms with van der Waals surface area (Å²) in [6.45, 7) is 9.51. The number of aliphatic hydroxyl groups is 7. The van der Waals surface area contributed by atoms with Crippen molar-refractivity contribution in [1.29, 1.82) is 0 Å². The predicted octanol–water partition coefficient (Wildman–Crippen LogP) is -1.12. The van der Waals surface area contributed by atoms with Crippen molar-refractivity contribution in [3.63, 3.8) is 0 Å². The Balaban J connectivity index is 0.000000358. The Hall–Kier alpha value is -2.41.